The Labute approximate surface area is 177 Å². The number of nitro groups is 1. The van der Waals surface area contributed by atoms with Crippen molar-refractivity contribution in [1.82, 2.24) is 10.2 Å². The molecule has 1 atom stereocenters. The number of nitro benzene ring substituents is 1. The maximum atomic E-state index is 12.6. The van der Waals surface area contributed by atoms with Crippen molar-refractivity contribution in [3.05, 3.63) is 63.7 Å². The second-order valence-corrected chi connectivity index (χ2v) is 7.24. The third-order valence-corrected chi connectivity index (χ3v) is 5.10. The van der Waals surface area contributed by atoms with Gasteiger partial charge in [-0.15, -0.1) is 0 Å². The van der Waals surface area contributed by atoms with Crippen molar-refractivity contribution in [2.75, 3.05) is 13.2 Å². The Morgan fingerprint density at radius 2 is 2.17 bits per heavy atom. The molecule has 1 aromatic heterocycles. The molecule has 1 unspecified atom stereocenters. The number of ether oxygens (including phenoxy) is 2. The molecule has 1 amide bonds. The molecule has 2 fully saturated rings. The number of carbonyl (C=O) groups is 1. The number of rotatable bonds is 7. The molecule has 1 aromatic carbocycles. The maximum Gasteiger partial charge on any atom is 0.310 e. The van der Waals surface area contributed by atoms with Gasteiger partial charge < -0.3 is 19.2 Å². The zero-order chi connectivity index (χ0) is 21.1. The molecule has 4 rings (SSSR count). The highest BCUT2D eigenvalue weighted by atomic mass is 32.1. The van der Waals surface area contributed by atoms with Crippen molar-refractivity contribution in [3.63, 3.8) is 0 Å². The van der Waals surface area contributed by atoms with E-state index in [1.807, 2.05) is 0 Å². The van der Waals surface area contributed by atoms with Crippen LogP contribution >= 0.6 is 12.2 Å². The van der Waals surface area contributed by atoms with Crippen LogP contribution < -0.4 is 10.1 Å². The Morgan fingerprint density at radius 1 is 1.33 bits per heavy atom. The number of hydrogen-bond acceptors (Lipinski definition) is 7. The monoisotopic (exact) mass is 429 g/mol. The number of amides is 1. The number of furan rings is 1. The van der Waals surface area contributed by atoms with Crippen LogP contribution in [0.1, 0.15) is 24.4 Å². The minimum atomic E-state index is -0.504. The van der Waals surface area contributed by atoms with E-state index in [4.69, 9.17) is 26.1 Å². The van der Waals surface area contributed by atoms with Crippen LogP contribution in [0.3, 0.4) is 0 Å². The summed E-state index contributed by atoms with van der Waals surface area (Å²) in [6, 6.07) is 9.49. The molecular weight excluding hydrogens is 410 g/mol. The number of nitrogens with one attached hydrogen (secondary N) is 1. The minimum absolute atomic E-state index is 0.00228. The van der Waals surface area contributed by atoms with E-state index in [1.165, 1.54) is 17.0 Å². The van der Waals surface area contributed by atoms with E-state index in [-0.39, 0.29) is 30.1 Å². The number of carbonyl (C=O) groups excluding carboxylic acids is 1. The topological polar surface area (TPSA) is 107 Å². The van der Waals surface area contributed by atoms with Gasteiger partial charge in [0.25, 0.3) is 5.91 Å². The number of benzene rings is 1. The van der Waals surface area contributed by atoms with Crippen LogP contribution in [-0.2, 0) is 16.1 Å². The second kappa shape index (κ2) is 8.64. The Kier molecular flexibility index (Phi) is 5.77. The lowest BCUT2D eigenvalue weighted by atomic mass is 10.2. The fourth-order valence-corrected chi connectivity index (χ4v) is 3.57. The summed E-state index contributed by atoms with van der Waals surface area (Å²) < 4.78 is 16.8. The maximum absolute atomic E-state index is 12.6. The van der Waals surface area contributed by atoms with Crippen LogP contribution in [0.4, 0.5) is 5.69 Å². The highest BCUT2D eigenvalue weighted by molar-refractivity contribution is 7.80. The van der Waals surface area contributed by atoms with Crippen molar-refractivity contribution >= 4 is 35.0 Å². The summed E-state index contributed by atoms with van der Waals surface area (Å²) in [6.07, 6.45) is 3.46. The Morgan fingerprint density at radius 3 is 2.93 bits per heavy atom. The van der Waals surface area contributed by atoms with Crippen LogP contribution in [-0.4, -0.2) is 40.1 Å². The average molecular weight is 429 g/mol. The largest absolute Gasteiger partial charge is 0.479 e. The first-order chi connectivity index (χ1) is 14.5. The van der Waals surface area contributed by atoms with Crippen molar-refractivity contribution in [3.8, 4) is 5.75 Å². The van der Waals surface area contributed by atoms with E-state index in [1.54, 1.807) is 30.3 Å². The summed E-state index contributed by atoms with van der Waals surface area (Å²) in [6.45, 7) is 1.15. The average Bonchev–Trinajstić information content (AvgIpc) is 3.46. The van der Waals surface area contributed by atoms with E-state index in [9.17, 15) is 14.9 Å². The van der Waals surface area contributed by atoms with E-state index in [2.05, 4.69) is 5.32 Å². The van der Waals surface area contributed by atoms with E-state index in [0.29, 0.717) is 35.5 Å². The van der Waals surface area contributed by atoms with Gasteiger partial charge in [0.05, 0.1) is 17.6 Å². The first-order valence-corrected chi connectivity index (χ1v) is 9.83. The molecule has 156 valence electrons. The van der Waals surface area contributed by atoms with Crippen LogP contribution in [0.15, 0.2) is 46.5 Å². The van der Waals surface area contributed by atoms with Gasteiger partial charge in [0.1, 0.15) is 23.8 Å². The molecule has 9 nitrogen and oxygen atoms in total. The van der Waals surface area contributed by atoms with Gasteiger partial charge in [-0.05, 0) is 43.3 Å². The van der Waals surface area contributed by atoms with Gasteiger partial charge >= 0.3 is 5.69 Å². The first-order valence-electron chi connectivity index (χ1n) is 9.42. The normalized spacial score (nSPS) is 20.1. The quantitative estimate of drug-likeness (QED) is 0.310. The van der Waals surface area contributed by atoms with Gasteiger partial charge in [-0.25, -0.2) is 0 Å². The minimum Gasteiger partial charge on any atom is -0.479 e. The number of thiocarbonyl (C=S) groups is 1. The van der Waals surface area contributed by atoms with Gasteiger partial charge in [-0.1, -0.05) is 12.1 Å². The third kappa shape index (κ3) is 4.34. The Hall–Kier alpha value is -3.24. The van der Waals surface area contributed by atoms with E-state index >= 15 is 0 Å². The summed E-state index contributed by atoms with van der Waals surface area (Å²) in [4.78, 5) is 24.7. The van der Waals surface area contributed by atoms with Gasteiger partial charge in [-0.3, -0.25) is 19.8 Å². The molecule has 2 saturated heterocycles. The molecule has 1 N–H and O–H groups in total. The molecular formula is C20H19N3O6S. The predicted molar refractivity (Wildman–Crippen MR) is 111 cm³/mol. The fraction of sp³-hybridized carbons (Fsp3) is 0.300. The lowest BCUT2D eigenvalue weighted by molar-refractivity contribution is -0.386. The lowest BCUT2D eigenvalue weighted by Crippen LogP contribution is -2.37. The zero-order valence-corrected chi connectivity index (χ0v) is 16.7. The second-order valence-electron chi connectivity index (χ2n) is 6.86. The van der Waals surface area contributed by atoms with Crippen molar-refractivity contribution < 1.29 is 23.6 Å². The lowest BCUT2D eigenvalue weighted by Gasteiger charge is -2.18. The summed E-state index contributed by atoms with van der Waals surface area (Å²) in [7, 11) is 0. The Balaban J connectivity index is 1.40. The van der Waals surface area contributed by atoms with Crippen LogP contribution in [0.5, 0.6) is 5.75 Å². The summed E-state index contributed by atoms with van der Waals surface area (Å²) >= 11 is 5.27. The van der Waals surface area contributed by atoms with Crippen molar-refractivity contribution in [2.45, 2.75) is 25.6 Å². The number of para-hydroxylation sites is 2. The molecule has 0 aliphatic carbocycles. The molecule has 3 heterocycles. The van der Waals surface area contributed by atoms with E-state index < -0.39 is 4.92 Å². The fourth-order valence-electron chi connectivity index (χ4n) is 3.30. The smallest absolute Gasteiger partial charge is 0.310 e. The van der Waals surface area contributed by atoms with Gasteiger partial charge in [0.15, 0.2) is 10.9 Å². The molecule has 2 aromatic rings. The third-order valence-electron chi connectivity index (χ3n) is 4.77. The molecule has 30 heavy (non-hydrogen) atoms. The SMILES string of the molecule is O=C1/C(=C\c2ccc(COc3ccccc3[N+](=O)[O-])o2)NC(=S)N1CC1CCCO1. The summed E-state index contributed by atoms with van der Waals surface area (Å²) in [5, 5.41) is 14.3. The van der Waals surface area contributed by atoms with Crippen molar-refractivity contribution in [2.24, 2.45) is 0 Å². The highest BCUT2D eigenvalue weighted by Gasteiger charge is 2.33. The first kappa shape index (κ1) is 20.0. The zero-order valence-electron chi connectivity index (χ0n) is 15.9. The molecule has 0 radical (unpaired) electrons. The van der Waals surface area contributed by atoms with Crippen LogP contribution in [0.25, 0.3) is 6.08 Å². The number of nitrogens with zero attached hydrogens (tertiary/aromatic N) is 2. The van der Waals surface area contributed by atoms with Gasteiger partial charge in [0.2, 0.25) is 0 Å². The standard InChI is InChI=1S/C20H19N3O6S/c24-19-16(21-20(30)22(19)11-14-4-3-9-27-14)10-13-7-8-15(29-13)12-28-18-6-2-1-5-17(18)23(25)26/h1-2,5-8,10,14H,3-4,9,11-12H2,(H,21,30)/b16-10+. The van der Waals surface area contributed by atoms with Gasteiger partial charge in [0, 0.05) is 18.7 Å². The van der Waals surface area contributed by atoms with E-state index in [0.717, 1.165) is 12.8 Å². The highest BCUT2D eigenvalue weighted by Crippen LogP contribution is 2.27. The van der Waals surface area contributed by atoms with Gasteiger partial charge in [-0.2, -0.15) is 0 Å². The number of hydrogen-bond donors (Lipinski definition) is 1. The molecule has 0 spiro atoms. The summed E-state index contributed by atoms with van der Waals surface area (Å²) in [5.74, 6) is 0.823. The molecule has 0 bridgehead atoms. The van der Waals surface area contributed by atoms with Crippen LogP contribution in [0.2, 0.25) is 0 Å². The molecule has 2 aliphatic rings. The Bertz CT molecular complexity index is 1010. The molecule has 0 saturated carbocycles. The van der Waals surface area contributed by atoms with Crippen LogP contribution in [0, 0.1) is 10.1 Å². The molecule has 2 aliphatic heterocycles. The van der Waals surface area contributed by atoms with Crippen molar-refractivity contribution in [1.29, 1.82) is 0 Å². The predicted octanol–water partition coefficient (Wildman–Crippen LogP) is 3.00. The molecule has 10 heteroatoms. The summed E-state index contributed by atoms with van der Waals surface area (Å²) in [5.41, 5.74) is 0.200.